The Labute approximate surface area is 212 Å². The van der Waals surface area contributed by atoms with Crippen molar-refractivity contribution in [3.63, 3.8) is 0 Å². The lowest BCUT2D eigenvalue weighted by Gasteiger charge is -2.26. The van der Waals surface area contributed by atoms with Crippen LogP contribution < -0.4 is 10.6 Å². The summed E-state index contributed by atoms with van der Waals surface area (Å²) in [6, 6.07) is 23.6. The molecule has 0 fully saturated rings. The van der Waals surface area contributed by atoms with Gasteiger partial charge in [0.05, 0.1) is 11.5 Å². The van der Waals surface area contributed by atoms with Crippen molar-refractivity contribution in [1.82, 2.24) is 10.2 Å². The van der Waals surface area contributed by atoms with Gasteiger partial charge in [-0.05, 0) is 68.1 Å². The zero-order valence-corrected chi connectivity index (χ0v) is 21.1. The molecule has 1 atom stereocenters. The van der Waals surface area contributed by atoms with Crippen molar-refractivity contribution in [3.8, 4) is 0 Å². The second kappa shape index (κ2) is 11.5. The molecule has 0 bridgehead atoms. The van der Waals surface area contributed by atoms with Gasteiger partial charge in [-0.15, -0.1) is 0 Å². The Morgan fingerprint density at radius 3 is 2.19 bits per heavy atom. The van der Waals surface area contributed by atoms with Gasteiger partial charge in [0.2, 0.25) is 0 Å². The van der Waals surface area contributed by atoms with E-state index in [0.29, 0.717) is 24.2 Å². The predicted molar refractivity (Wildman–Crippen MR) is 141 cm³/mol. The molecular weight excluding hydrogens is 454 g/mol. The number of urea groups is 1. The van der Waals surface area contributed by atoms with Crippen LogP contribution in [-0.4, -0.2) is 35.0 Å². The van der Waals surface area contributed by atoms with Gasteiger partial charge in [0, 0.05) is 24.8 Å². The van der Waals surface area contributed by atoms with E-state index in [-0.39, 0.29) is 18.0 Å². The fourth-order valence-electron chi connectivity index (χ4n) is 3.73. The molecule has 0 aliphatic heterocycles. The SMILES string of the molecule is CC(c1cccc(NC(=O)c2ccccc2)c1)N(C)C(=O)NCc1ccc(CC(C)(C)C(=O)O)cc1. The average molecular weight is 488 g/mol. The Morgan fingerprint density at radius 2 is 1.56 bits per heavy atom. The second-order valence-electron chi connectivity index (χ2n) is 9.57. The highest BCUT2D eigenvalue weighted by atomic mass is 16.4. The minimum atomic E-state index is -0.837. The first-order valence-electron chi connectivity index (χ1n) is 11.8. The Balaban J connectivity index is 1.56. The molecule has 0 heterocycles. The van der Waals surface area contributed by atoms with E-state index in [9.17, 15) is 19.5 Å². The number of carbonyl (C=O) groups excluding carboxylic acids is 2. The van der Waals surface area contributed by atoms with Crippen LogP contribution in [-0.2, 0) is 17.8 Å². The molecule has 188 valence electrons. The topological polar surface area (TPSA) is 98.7 Å². The summed E-state index contributed by atoms with van der Waals surface area (Å²) in [4.78, 5) is 38.2. The summed E-state index contributed by atoms with van der Waals surface area (Å²) in [7, 11) is 1.73. The van der Waals surface area contributed by atoms with E-state index in [0.717, 1.165) is 16.7 Å². The van der Waals surface area contributed by atoms with E-state index < -0.39 is 11.4 Å². The Bertz CT molecular complexity index is 1210. The number of aliphatic carboxylic acids is 1. The number of anilines is 1. The van der Waals surface area contributed by atoms with Crippen LogP contribution in [0.5, 0.6) is 0 Å². The van der Waals surface area contributed by atoms with Crippen molar-refractivity contribution in [3.05, 3.63) is 101 Å². The minimum absolute atomic E-state index is 0.191. The van der Waals surface area contributed by atoms with Crippen molar-refractivity contribution in [2.75, 3.05) is 12.4 Å². The van der Waals surface area contributed by atoms with Gasteiger partial charge in [0.1, 0.15) is 0 Å². The molecule has 0 saturated carbocycles. The van der Waals surface area contributed by atoms with Crippen LogP contribution in [0.4, 0.5) is 10.5 Å². The van der Waals surface area contributed by atoms with E-state index in [4.69, 9.17) is 0 Å². The van der Waals surface area contributed by atoms with E-state index in [1.54, 1.807) is 37.9 Å². The normalized spacial score (nSPS) is 11.9. The summed E-state index contributed by atoms with van der Waals surface area (Å²) in [5.74, 6) is -1.02. The van der Waals surface area contributed by atoms with Gasteiger partial charge >= 0.3 is 12.0 Å². The number of nitrogens with one attached hydrogen (secondary N) is 2. The fraction of sp³-hybridized carbons (Fsp3) is 0.276. The van der Waals surface area contributed by atoms with Gasteiger partial charge in [0.15, 0.2) is 0 Å². The number of carbonyl (C=O) groups is 3. The summed E-state index contributed by atoms with van der Waals surface area (Å²) in [5.41, 5.74) is 3.15. The highest BCUT2D eigenvalue weighted by molar-refractivity contribution is 6.04. The van der Waals surface area contributed by atoms with Crippen molar-refractivity contribution in [2.45, 2.75) is 39.8 Å². The van der Waals surface area contributed by atoms with Crippen molar-refractivity contribution in [2.24, 2.45) is 5.41 Å². The first kappa shape index (κ1) is 26.5. The molecule has 0 aromatic heterocycles. The highest BCUT2D eigenvalue weighted by Crippen LogP contribution is 2.24. The molecule has 7 nitrogen and oxygen atoms in total. The van der Waals surface area contributed by atoms with E-state index >= 15 is 0 Å². The molecule has 3 aromatic rings. The molecule has 0 aliphatic carbocycles. The van der Waals surface area contributed by atoms with Gasteiger partial charge in [0.25, 0.3) is 5.91 Å². The first-order valence-corrected chi connectivity index (χ1v) is 11.8. The summed E-state index contributed by atoms with van der Waals surface area (Å²) in [5, 5.41) is 15.1. The van der Waals surface area contributed by atoms with Crippen molar-refractivity contribution < 1.29 is 19.5 Å². The molecule has 3 amide bonds. The highest BCUT2D eigenvalue weighted by Gasteiger charge is 2.27. The molecule has 3 N–H and O–H groups in total. The second-order valence-corrected chi connectivity index (χ2v) is 9.57. The van der Waals surface area contributed by atoms with Crippen LogP contribution in [0.15, 0.2) is 78.9 Å². The van der Waals surface area contributed by atoms with Gasteiger partial charge in [-0.25, -0.2) is 4.79 Å². The summed E-state index contributed by atoms with van der Waals surface area (Å²) in [6.45, 7) is 5.68. The number of benzene rings is 3. The van der Waals surface area contributed by atoms with E-state index in [2.05, 4.69) is 10.6 Å². The molecule has 0 saturated heterocycles. The van der Waals surface area contributed by atoms with Gasteiger partial charge < -0.3 is 20.6 Å². The Kier molecular flexibility index (Phi) is 8.48. The monoisotopic (exact) mass is 487 g/mol. The molecule has 3 aromatic carbocycles. The standard InChI is InChI=1S/C29H33N3O4/c1-20(24-11-8-12-25(17-24)31-26(33)23-9-6-5-7-10-23)32(4)28(36)30-19-22-15-13-21(14-16-22)18-29(2,3)27(34)35/h5-17,20H,18-19H2,1-4H3,(H,30,36)(H,31,33)(H,34,35). The van der Waals surface area contributed by atoms with Crippen LogP contribution in [0.2, 0.25) is 0 Å². The maximum Gasteiger partial charge on any atom is 0.317 e. The minimum Gasteiger partial charge on any atom is -0.481 e. The molecule has 0 spiro atoms. The largest absolute Gasteiger partial charge is 0.481 e. The fourth-order valence-corrected chi connectivity index (χ4v) is 3.73. The molecule has 7 heteroatoms. The molecule has 0 aliphatic rings. The van der Waals surface area contributed by atoms with Crippen LogP contribution >= 0.6 is 0 Å². The Morgan fingerprint density at radius 1 is 0.917 bits per heavy atom. The third-order valence-corrected chi connectivity index (χ3v) is 6.26. The molecule has 36 heavy (non-hydrogen) atoms. The Hall–Kier alpha value is -4.13. The van der Waals surface area contributed by atoms with E-state index in [1.165, 1.54) is 0 Å². The molecule has 0 radical (unpaired) electrons. The first-order chi connectivity index (χ1) is 17.1. The predicted octanol–water partition coefficient (Wildman–Crippen LogP) is 5.49. The van der Waals surface area contributed by atoms with Gasteiger partial charge in [-0.3, -0.25) is 9.59 Å². The number of hydrogen-bond donors (Lipinski definition) is 3. The number of carboxylic acid groups (broad SMARTS) is 1. The maximum atomic E-state index is 12.8. The van der Waals surface area contributed by atoms with Crippen molar-refractivity contribution in [1.29, 1.82) is 0 Å². The number of hydrogen-bond acceptors (Lipinski definition) is 3. The smallest absolute Gasteiger partial charge is 0.317 e. The lowest BCUT2D eigenvalue weighted by atomic mass is 9.86. The van der Waals surface area contributed by atoms with Crippen LogP contribution in [0.1, 0.15) is 53.9 Å². The molecular formula is C29H33N3O4. The summed E-state index contributed by atoms with van der Waals surface area (Å²) >= 11 is 0. The van der Waals surface area contributed by atoms with Gasteiger partial charge in [-0.1, -0.05) is 54.6 Å². The number of carboxylic acids is 1. The number of nitrogens with zero attached hydrogens (tertiary/aromatic N) is 1. The third-order valence-electron chi connectivity index (χ3n) is 6.26. The molecule has 3 rings (SSSR count). The number of rotatable bonds is 9. The van der Waals surface area contributed by atoms with Crippen LogP contribution in [0, 0.1) is 5.41 Å². The van der Waals surface area contributed by atoms with Crippen LogP contribution in [0.3, 0.4) is 0 Å². The van der Waals surface area contributed by atoms with Gasteiger partial charge in [-0.2, -0.15) is 0 Å². The average Bonchev–Trinajstić information content (AvgIpc) is 2.87. The van der Waals surface area contributed by atoms with E-state index in [1.807, 2.05) is 73.7 Å². The maximum absolute atomic E-state index is 12.8. The summed E-state index contributed by atoms with van der Waals surface area (Å²) in [6.07, 6.45) is 0.431. The number of amides is 3. The summed E-state index contributed by atoms with van der Waals surface area (Å²) < 4.78 is 0. The third kappa shape index (κ3) is 6.95. The molecule has 1 unspecified atom stereocenters. The van der Waals surface area contributed by atoms with Crippen LogP contribution in [0.25, 0.3) is 0 Å². The lowest BCUT2D eigenvalue weighted by molar-refractivity contribution is -0.146. The quantitative estimate of drug-likeness (QED) is 0.371. The lowest BCUT2D eigenvalue weighted by Crippen LogP contribution is -2.38. The zero-order valence-electron chi connectivity index (χ0n) is 21.1. The zero-order chi connectivity index (χ0) is 26.3. The van der Waals surface area contributed by atoms with Crippen molar-refractivity contribution >= 4 is 23.6 Å².